The van der Waals surface area contributed by atoms with Crippen LogP contribution < -0.4 is 4.84 Å². The summed E-state index contributed by atoms with van der Waals surface area (Å²) < 4.78 is 12.7. The zero-order chi connectivity index (χ0) is 12.8. The summed E-state index contributed by atoms with van der Waals surface area (Å²) >= 11 is 5.58. The van der Waals surface area contributed by atoms with E-state index >= 15 is 0 Å². The first-order chi connectivity index (χ1) is 8.02. The van der Waals surface area contributed by atoms with Crippen LogP contribution in [0.3, 0.4) is 0 Å². The number of rotatable bonds is 6. The molecular weight excluding hydrogens is 245 g/mol. The molecule has 0 radical (unpaired) electrons. The van der Waals surface area contributed by atoms with Crippen molar-refractivity contribution in [2.75, 3.05) is 0 Å². The number of hydrogen-bond acceptors (Lipinski definition) is 2. The molecule has 0 saturated carbocycles. The van der Waals surface area contributed by atoms with Gasteiger partial charge in [0.15, 0.2) is 0 Å². The van der Waals surface area contributed by atoms with E-state index in [2.05, 4.69) is 4.84 Å². The fourth-order valence-corrected chi connectivity index (χ4v) is 1.77. The Kier molecular flexibility index (Phi) is 5.38. The molecule has 94 valence electrons. The maximum atomic E-state index is 12.7. The lowest BCUT2D eigenvalue weighted by molar-refractivity contribution is -0.141. The largest absolute Gasteiger partial charge is 0.481 e. The highest BCUT2D eigenvalue weighted by Crippen LogP contribution is 2.13. The van der Waals surface area contributed by atoms with Gasteiger partial charge in [-0.25, -0.2) is 9.23 Å². The molecule has 0 aliphatic carbocycles. The number of carboxylic acids is 1. The molecule has 3 nitrogen and oxygen atoms in total. The van der Waals surface area contributed by atoms with Gasteiger partial charge in [0.25, 0.3) is 0 Å². The van der Waals surface area contributed by atoms with Crippen LogP contribution in [-0.4, -0.2) is 17.1 Å². The maximum Gasteiger partial charge on any atom is 0.306 e. The van der Waals surface area contributed by atoms with Gasteiger partial charge in [-0.05, 0) is 42.3 Å². The van der Waals surface area contributed by atoms with Gasteiger partial charge in [-0.2, -0.15) is 0 Å². The zero-order valence-corrected chi connectivity index (χ0v) is 10.2. The predicted octanol–water partition coefficient (Wildman–Crippen LogP) is 2.59. The Balaban J connectivity index is 2.57. The van der Waals surface area contributed by atoms with E-state index in [1.807, 2.05) is 0 Å². The lowest BCUT2D eigenvalue weighted by Gasteiger charge is -2.17. The van der Waals surface area contributed by atoms with Crippen LogP contribution in [0.5, 0.6) is 0 Å². The average Bonchev–Trinajstić information content (AvgIpc) is 2.30. The lowest BCUT2D eigenvalue weighted by Crippen LogP contribution is -2.28. The maximum absolute atomic E-state index is 12.7. The van der Waals surface area contributed by atoms with Gasteiger partial charge in [-0.15, -0.1) is 0 Å². The highest BCUT2D eigenvalue weighted by atomic mass is 35.5. The average molecular weight is 260 g/mol. The van der Waals surface area contributed by atoms with Crippen LogP contribution in [0.1, 0.15) is 18.9 Å². The Morgan fingerprint density at radius 2 is 2.06 bits per heavy atom. The molecule has 0 bridgehead atoms. The second-order valence-electron chi connectivity index (χ2n) is 4.11. The second kappa shape index (κ2) is 6.57. The first-order valence-electron chi connectivity index (χ1n) is 5.36. The smallest absolute Gasteiger partial charge is 0.306 e. The van der Waals surface area contributed by atoms with Crippen molar-refractivity contribution < 1.29 is 14.3 Å². The highest BCUT2D eigenvalue weighted by molar-refractivity contribution is 6.13. The van der Waals surface area contributed by atoms with Gasteiger partial charge in [0.1, 0.15) is 5.82 Å². The van der Waals surface area contributed by atoms with Crippen LogP contribution in [0.4, 0.5) is 4.39 Å². The third-order valence-electron chi connectivity index (χ3n) is 2.61. The Morgan fingerprint density at radius 3 is 2.53 bits per heavy atom. The molecule has 1 rings (SSSR count). The van der Waals surface area contributed by atoms with Crippen LogP contribution >= 0.6 is 11.8 Å². The first kappa shape index (κ1) is 13.9. The third kappa shape index (κ3) is 4.71. The number of hydrogen-bond donors (Lipinski definition) is 2. The van der Waals surface area contributed by atoms with E-state index in [1.165, 1.54) is 12.1 Å². The Bertz CT molecular complexity index is 369. The summed E-state index contributed by atoms with van der Waals surface area (Å²) in [4.78, 5) is 13.3. The van der Waals surface area contributed by atoms with Crippen molar-refractivity contribution in [3.63, 3.8) is 0 Å². The predicted molar refractivity (Wildman–Crippen MR) is 64.3 cm³/mol. The molecule has 1 aromatic carbocycles. The van der Waals surface area contributed by atoms with E-state index < -0.39 is 11.9 Å². The molecule has 0 aromatic heterocycles. The molecule has 0 unspecified atom stereocenters. The summed E-state index contributed by atoms with van der Waals surface area (Å²) in [7, 11) is 0. The molecule has 0 aliphatic rings. The number of carbonyl (C=O) groups is 1. The van der Waals surface area contributed by atoms with E-state index in [-0.39, 0.29) is 11.9 Å². The molecule has 0 saturated heterocycles. The number of benzene rings is 1. The SMILES string of the molecule is C[C@@H](C[C@H](Cc1ccc(F)cc1)NCl)C(=O)O. The second-order valence-corrected chi connectivity index (χ2v) is 4.33. The highest BCUT2D eigenvalue weighted by Gasteiger charge is 2.17. The minimum Gasteiger partial charge on any atom is -0.481 e. The molecule has 0 spiro atoms. The van der Waals surface area contributed by atoms with Gasteiger partial charge >= 0.3 is 5.97 Å². The Hall–Kier alpha value is -1.13. The van der Waals surface area contributed by atoms with Gasteiger partial charge in [0.2, 0.25) is 0 Å². The van der Waals surface area contributed by atoms with Crippen molar-refractivity contribution in [1.82, 2.24) is 4.84 Å². The van der Waals surface area contributed by atoms with E-state index in [0.717, 1.165) is 5.56 Å². The number of carboxylic acid groups (broad SMARTS) is 1. The monoisotopic (exact) mass is 259 g/mol. The van der Waals surface area contributed by atoms with Gasteiger partial charge in [-0.1, -0.05) is 19.1 Å². The molecule has 2 N–H and O–H groups in total. The molecule has 17 heavy (non-hydrogen) atoms. The fourth-order valence-electron chi connectivity index (χ4n) is 1.60. The summed E-state index contributed by atoms with van der Waals surface area (Å²) in [6.07, 6.45) is 0.998. The van der Waals surface area contributed by atoms with E-state index in [9.17, 15) is 9.18 Å². The topological polar surface area (TPSA) is 49.3 Å². The minimum atomic E-state index is -0.846. The van der Waals surface area contributed by atoms with E-state index in [0.29, 0.717) is 12.8 Å². The van der Waals surface area contributed by atoms with Gasteiger partial charge in [0, 0.05) is 6.04 Å². The van der Waals surface area contributed by atoms with Crippen LogP contribution in [0.2, 0.25) is 0 Å². The first-order valence-corrected chi connectivity index (χ1v) is 5.74. The van der Waals surface area contributed by atoms with Gasteiger partial charge in [-0.3, -0.25) is 4.79 Å². The van der Waals surface area contributed by atoms with Crippen molar-refractivity contribution in [2.45, 2.75) is 25.8 Å². The quantitative estimate of drug-likeness (QED) is 0.772. The van der Waals surface area contributed by atoms with Crippen molar-refractivity contribution >= 4 is 17.7 Å². The Morgan fingerprint density at radius 1 is 1.47 bits per heavy atom. The minimum absolute atomic E-state index is 0.145. The van der Waals surface area contributed by atoms with E-state index in [4.69, 9.17) is 16.9 Å². The number of halogens is 2. The lowest BCUT2D eigenvalue weighted by atomic mass is 9.97. The summed E-state index contributed by atoms with van der Waals surface area (Å²) in [6, 6.07) is 5.94. The number of aliphatic carboxylic acids is 1. The molecule has 1 aromatic rings. The van der Waals surface area contributed by atoms with Crippen molar-refractivity contribution in [3.05, 3.63) is 35.6 Å². The number of nitrogens with one attached hydrogen (secondary N) is 1. The molecule has 0 aliphatic heterocycles. The van der Waals surface area contributed by atoms with Gasteiger partial charge < -0.3 is 5.11 Å². The zero-order valence-electron chi connectivity index (χ0n) is 9.49. The normalized spacial score (nSPS) is 14.3. The van der Waals surface area contributed by atoms with Crippen molar-refractivity contribution in [2.24, 2.45) is 5.92 Å². The van der Waals surface area contributed by atoms with Crippen LogP contribution in [0.15, 0.2) is 24.3 Å². The molecular formula is C12H15ClFNO2. The van der Waals surface area contributed by atoms with E-state index in [1.54, 1.807) is 19.1 Å². The summed E-state index contributed by atoms with van der Waals surface area (Å²) in [6.45, 7) is 1.63. The summed E-state index contributed by atoms with van der Waals surface area (Å²) in [5.41, 5.74) is 0.919. The molecule has 0 amide bonds. The molecule has 0 heterocycles. The van der Waals surface area contributed by atoms with Crippen LogP contribution in [-0.2, 0) is 11.2 Å². The molecule has 5 heteroatoms. The summed E-state index contributed by atoms with van der Waals surface area (Å²) in [5.74, 6) is -1.60. The van der Waals surface area contributed by atoms with Crippen molar-refractivity contribution in [1.29, 1.82) is 0 Å². The molecule has 2 atom stereocenters. The van der Waals surface area contributed by atoms with Crippen LogP contribution in [0.25, 0.3) is 0 Å². The van der Waals surface area contributed by atoms with Gasteiger partial charge in [0.05, 0.1) is 5.92 Å². The van der Waals surface area contributed by atoms with Crippen molar-refractivity contribution in [3.8, 4) is 0 Å². The fraction of sp³-hybridized carbons (Fsp3) is 0.417. The summed E-state index contributed by atoms with van der Waals surface area (Å²) in [5, 5.41) is 8.81. The Labute approximate surface area is 105 Å². The standard InChI is InChI=1S/C12H15ClFNO2/c1-8(12(16)17)6-11(15-13)7-9-2-4-10(14)5-3-9/h2-5,8,11,15H,6-7H2,1H3,(H,16,17)/t8-,11+/m0/s1. The molecule has 0 fully saturated rings. The third-order valence-corrected chi connectivity index (χ3v) is 2.92. The van der Waals surface area contributed by atoms with Crippen LogP contribution in [0, 0.1) is 11.7 Å².